The van der Waals surface area contributed by atoms with E-state index in [2.05, 4.69) is 17.1 Å². The van der Waals surface area contributed by atoms with Gasteiger partial charge in [-0.05, 0) is 11.5 Å². The van der Waals surface area contributed by atoms with Gasteiger partial charge in [0.1, 0.15) is 5.65 Å². The lowest BCUT2D eigenvalue weighted by molar-refractivity contribution is 0.457. The van der Waals surface area contributed by atoms with Crippen molar-refractivity contribution in [2.45, 2.75) is 0 Å². The Morgan fingerprint density at radius 1 is 0.833 bits per heavy atom. The van der Waals surface area contributed by atoms with Gasteiger partial charge in [-0.3, -0.25) is 4.40 Å². The van der Waals surface area contributed by atoms with Crippen LogP contribution in [0.25, 0.3) is 27.3 Å². The van der Waals surface area contributed by atoms with Crippen LogP contribution < -0.4 is 0 Å². The summed E-state index contributed by atoms with van der Waals surface area (Å²) in [5, 5.41) is 13.0. The minimum atomic E-state index is 0.0523. The summed E-state index contributed by atoms with van der Waals surface area (Å²) in [5.41, 5.74) is 1.85. The van der Waals surface area contributed by atoms with Crippen LogP contribution in [0.2, 0.25) is 0 Å². The Bertz CT molecular complexity index is 820. The largest absolute Gasteiger partial charge is 0.492 e. The van der Waals surface area contributed by atoms with Gasteiger partial charge in [0.15, 0.2) is 0 Å². The number of fused-ring (bicyclic) bond motifs is 6. The minimum absolute atomic E-state index is 0.0523. The van der Waals surface area contributed by atoms with E-state index in [9.17, 15) is 5.11 Å². The summed E-state index contributed by atoms with van der Waals surface area (Å²) in [7, 11) is 0. The molecule has 4 rings (SSSR count). The molecule has 0 radical (unpaired) electrons. The monoisotopic (exact) mass is 234 g/mol. The van der Waals surface area contributed by atoms with Crippen molar-refractivity contribution in [2.24, 2.45) is 0 Å². The third-order valence-electron chi connectivity index (χ3n) is 3.31. The number of hydrogen-bond acceptors (Lipinski definition) is 2. The molecule has 2 aromatic carbocycles. The highest BCUT2D eigenvalue weighted by atomic mass is 16.3. The van der Waals surface area contributed by atoms with Gasteiger partial charge >= 0.3 is 0 Å². The van der Waals surface area contributed by atoms with Crippen molar-refractivity contribution in [3.05, 3.63) is 54.7 Å². The molecule has 0 fully saturated rings. The first kappa shape index (κ1) is 9.48. The molecule has 86 valence electrons. The first-order valence-electron chi connectivity index (χ1n) is 5.82. The fourth-order valence-corrected chi connectivity index (χ4v) is 2.57. The molecule has 0 aliphatic heterocycles. The second-order valence-corrected chi connectivity index (χ2v) is 4.36. The summed E-state index contributed by atoms with van der Waals surface area (Å²) >= 11 is 0. The lowest BCUT2D eigenvalue weighted by Crippen LogP contribution is -1.89. The van der Waals surface area contributed by atoms with Gasteiger partial charge in [-0.25, -0.2) is 0 Å². The normalized spacial score (nSPS) is 11.6. The van der Waals surface area contributed by atoms with Gasteiger partial charge in [0.05, 0.1) is 11.7 Å². The smallest absolute Gasteiger partial charge is 0.230 e. The Morgan fingerprint density at radius 3 is 2.33 bits per heavy atom. The van der Waals surface area contributed by atoms with Crippen molar-refractivity contribution >= 4 is 27.3 Å². The Morgan fingerprint density at radius 2 is 1.50 bits per heavy atom. The van der Waals surface area contributed by atoms with Crippen molar-refractivity contribution in [3.8, 4) is 5.88 Å². The van der Waals surface area contributed by atoms with E-state index in [-0.39, 0.29) is 5.88 Å². The molecule has 2 heterocycles. The zero-order valence-electron chi connectivity index (χ0n) is 9.54. The van der Waals surface area contributed by atoms with Gasteiger partial charge in [0.25, 0.3) is 0 Å². The van der Waals surface area contributed by atoms with Gasteiger partial charge in [-0.15, -0.1) is 0 Å². The summed E-state index contributed by atoms with van der Waals surface area (Å²) in [4.78, 5) is 4.21. The molecule has 18 heavy (non-hydrogen) atoms. The van der Waals surface area contributed by atoms with Gasteiger partial charge in [-0.2, -0.15) is 4.98 Å². The quantitative estimate of drug-likeness (QED) is 0.474. The molecule has 2 aromatic heterocycles. The molecule has 3 heteroatoms. The van der Waals surface area contributed by atoms with Crippen molar-refractivity contribution < 1.29 is 5.11 Å². The third kappa shape index (κ3) is 1.10. The Balaban J connectivity index is 2.45. The van der Waals surface area contributed by atoms with Crippen LogP contribution in [-0.2, 0) is 0 Å². The molecule has 3 nitrogen and oxygen atoms in total. The van der Waals surface area contributed by atoms with E-state index >= 15 is 0 Å². The van der Waals surface area contributed by atoms with Crippen LogP contribution in [0, 0.1) is 0 Å². The van der Waals surface area contributed by atoms with Gasteiger partial charge in [-0.1, -0.05) is 42.5 Å². The highest BCUT2D eigenvalue weighted by Crippen LogP contribution is 2.29. The number of para-hydroxylation sites is 1. The van der Waals surface area contributed by atoms with Crippen LogP contribution in [0.3, 0.4) is 0 Å². The molecule has 0 bridgehead atoms. The number of nitrogens with zero attached hydrogens (tertiary/aromatic N) is 2. The number of aromatic nitrogens is 2. The second-order valence-electron chi connectivity index (χ2n) is 4.36. The van der Waals surface area contributed by atoms with Crippen molar-refractivity contribution in [1.82, 2.24) is 9.38 Å². The Hall–Kier alpha value is -2.55. The summed E-state index contributed by atoms with van der Waals surface area (Å²) in [5.74, 6) is 0.0523. The van der Waals surface area contributed by atoms with E-state index in [1.54, 1.807) is 6.20 Å². The van der Waals surface area contributed by atoms with Gasteiger partial charge < -0.3 is 5.11 Å². The van der Waals surface area contributed by atoms with Crippen LogP contribution in [-0.4, -0.2) is 14.5 Å². The minimum Gasteiger partial charge on any atom is -0.492 e. The van der Waals surface area contributed by atoms with Crippen molar-refractivity contribution in [1.29, 1.82) is 0 Å². The fraction of sp³-hybridized carbons (Fsp3) is 0. The fourth-order valence-electron chi connectivity index (χ4n) is 2.57. The topological polar surface area (TPSA) is 37.5 Å². The van der Waals surface area contributed by atoms with E-state index in [4.69, 9.17) is 0 Å². The molecular formula is C15H10N2O. The van der Waals surface area contributed by atoms with Crippen LogP contribution in [0.15, 0.2) is 54.7 Å². The first-order chi connectivity index (χ1) is 8.84. The molecule has 0 aliphatic rings. The van der Waals surface area contributed by atoms with Crippen molar-refractivity contribution in [3.63, 3.8) is 0 Å². The standard InChI is InChI=1S/C15H10N2O/c18-14-9-17-13-8-4-3-6-11(13)10-5-1-2-7-12(10)15(17)16-14/h1-9,18H. The molecule has 0 unspecified atom stereocenters. The predicted octanol–water partition coefficient (Wildman–Crippen LogP) is 3.35. The number of pyridine rings is 1. The molecule has 0 atom stereocenters. The highest BCUT2D eigenvalue weighted by Gasteiger charge is 2.09. The molecule has 0 saturated carbocycles. The molecule has 0 saturated heterocycles. The third-order valence-corrected chi connectivity index (χ3v) is 3.31. The van der Waals surface area contributed by atoms with Crippen molar-refractivity contribution in [2.75, 3.05) is 0 Å². The number of benzene rings is 2. The molecule has 0 amide bonds. The van der Waals surface area contributed by atoms with E-state index in [0.717, 1.165) is 27.3 Å². The van der Waals surface area contributed by atoms with E-state index in [0.29, 0.717) is 0 Å². The number of imidazole rings is 1. The summed E-state index contributed by atoms with van der Waals surface area (Å²) < 4.78 is 1.94. The molecule has 0 spiro atoms. The molecule has 4 aromatic rings. The summed E-state index contributed by atoms with van der Waals surface area (Å²) in [6, 6.07) is 16.3. The lowest BCUT2D eigenvalue weighted by Gasteiger charge is -2.06. The molecule has 0 aliphatic carbocycles. The SMILES string of the molecule is Oc1cn2c3ccccc3c3ccccc3c2n1. The Labute approximate surface area is 103 Å². The maximum absolute atomic E-state index is 9.64. The molecular weight excluding hydrogens is 224 g/mol. The van der Waals surface area contributed by atoms with E-state index in [1.807, 2.05) is 40.8 Å². The van der Waals surface area contributed by atoms with Crippen LogP contribution in [0.4, 0.5) is 0 Å². The van der Waals surface area contributed by atoms with Gasteiger partial charge in [0, 0.05) is 10.8 Å². The number of rotatable bonds is 0. The number of hydrogen-bond donors (Lipinski definition) is 1. The zero-order chi connectivity index (χ0) is 12.1. The molecule has 1 N–H and O–H groups in total. The predicted molar refractivity (Wildman–Crippen MR) is 71.9 cm³/mol. The lowest BCUT2D eigenvalue weighted by atomic mass is 10.1. The van der Waals surface area contributed by atoms with Gasteiger partial charge in [0.2, 0.25) is 5.88 Å². The second kappa shape index (κ2) is 3.23. The Kier molecular flexibility index (Phi) is 1.70. The average Bonchev–Trinajstić information content (AvgIpc) is 2.81. The summed E-state index contributed by atoms with van der Waals surface area (Å²) in [6.07, 6.45) is 1.66. The first-order valence-corrected chi connectivity index (χ1v) is 5.82. The van der Waals surface area contributed by atoms with Crippen LogP contribution >= 0.6 is 0 Å². The maximum Gasteiger partial charge on any atom is 0.230 e. The van der Waals surface area contributed by atoms with E-state index < -0.39 is 0 Å². The highest BCUT2D eigenvalue weighted by molar-refractivity contribution is 6.11. The van der Waals surface area contributed by atoms with Crippen LogP contribution in [0.1, 0.15) is 0 Å². The maximum atomic E-state index is 9.64. The zero-order valence-corrected chi connectivity index (χ0v) is 9.54. The number of aromatic hydroxyl groups is 1. The van der Waals surface area contributed by atoms with Crippen LogP contribution in [0.5, 0.6) is 5.88 Å². The average molecular weight is 234 g/mol. The summed E-state index contributed by atoms with van der Waals surface area (Å²) in [6.45, 7) is 0. The van der Waals surface area contributed by atoms with E-state index in [1.165, 1.54) is 0 Å².